The predicted molar refractivity (Wildman–Crippen MR) is 88.0 cm³/mol. The number of hydrogen-bond donors (Lipinski definition) is 1. The van der Waals surface area contributed by atoms with Crippen LogP contribution in [0.2, 0.25) is 5.02 Å². The highest BCUT2D eigenvalue weighted by Crippen LogP contribution is 2.33. The van der Waals surface area contributed by atoms with Crippen molar-refractivity contribution in [3.63, 3.8) is 0 Å². The van der Waals surface area contributed by atoms with Gasteiger partial charge in [0.05, 0.1) is 12.8 Å². The van der Waals surface area contributed by atoms with Crippen LogP contribution in [-0.4, -0.2) is 12.1 Å². The number of nitrogens with one attached hydrogen (secondary N) is 1. The first-order valence-electron chi connectivity index (χ1n) is 6.77. The predicted octanol–water partition coefficient (Wildman–Crippen LogP) is 5.32. The largest absolute Gasteiger partial charge is 0.497 e. The molecule has 1 aromatic heterocycles. The second-order valence-corrected chi connectivity index (χ2v) is 5.41. The smallest absolute Gasteiger partial charge is 0.118 e. The van der Waals surface area contributed by atoms with Gasteiger partial charge >= 0.3 is 0 Å². The Morgan fingerprint density at radius 3 is 2.14 bits per heavy atom. The Bertz CT molecular complexity index is 742. The molecule has 0 aliphatic heterocycles. The third-order valence-corrected chi connectivity index (χ3v) is 3.74. The van der Waals surface area contributed by atoms with Crippen LogP contribution in [0, 0.1) is 6.92 Å². The summed E-state index contributed by atoms with van der Waals surface area (Å²) in [7, 11) is 1.67. The van der Waals surface area contributed by atoms with Gasteiger partial charge in [0, 0.05) is 16.3 Å². The topological polar surface area (TPSA) is 25.0 Å². The van der Waals surface area contributed by atoms with Crippen LogP contribution in [0.3, 0.4) is 0 Å². The lowest BCUT2D eigenvalue weighted by Crippen LogP contribution is -1.85. The highest BCUT2D eigenvalue weighted by molar-refractivity contribution is 6.30. The molecule has 2 aromatic carbocycles. The van der Waals surface area contributed by atoms with Crippen molar-refractivity contribution in [3.8, 4) is 28.1 Å². The van der Waals surface area contributed by atoms with Crippen molar-refractivity contribution < 1.29 is 4.74 Å². The quantitative estimate of drug-likeness (QED) is 0.695. The number of hydrogen-bond acceptors (Lipinski definition) is 1. The van der Waals surface area contributed by atoms with E-state index in [1.54, 1.807) is 7.11 Å². The highest BCUT2D eigenvalue weighted by atomic mass is 35.5. The maximum absolute atomic E-state index is 5.97. The normalized spacial score (nSPS) is 10.6. The lowest BCUT2D eigenvalue weighted by molar-refractivity contribution is 0.415. The van der Waals surface area contributed by atoms with Crippen molar-refractivity contribution in [3.05, 3.63) is 65.3 Å². The van der Waals surface area contributed by atoms with Crippen LogP contribution in [-0.2, 0) is 0 Å². The minimum absolute atomic E-state index is 0.747. The SMILES string of the molecule is COc1ccc(-c2[nH]c(C)cc2-c2ccc(Cl)cc2)cc1. The number of aromatic amines is 1. The van der Waals surface area contributed by atoms with E-state index in [4.69, 9.17) is 16.3 Å². The first-order chi connectivity index (χ1) is 10.2. The lowest BCUT2D eigenvalue weighted by Gasteiger charge is -2.06. The van der Waals surface area contributed by atoms with Gasteiger partial charge in [0.15, 0.2) is 0 Å². The van der Waals surface area contributed by atoms with Gasteiger partial charge in [-0.1, -0.05) is 23.7 Å². The van der Waals surface area contributed by atoms with Crippen LogP contribution in [0.5, 0.6) is 5.75 Å². The van der Waals surface area contributed by atoms with Gasteiger partial charge < -0.3 is 9.72 Å². The molecular weight excluding hydrogens is 282 g/mol. The van der Waals surface area contributed by atoms with Gasteiger partial charge in [-0.05, 0) is 60.5 Å². The van der Waals surface area contributed by atoms with E-state index in [9.17, 15) is 0 Å². The number of methoxy groups -OCH3 is 1. The summed E-state index contributed by atoms with van der Waals surface area (Å²) >= 11 is 5.97. The summed E-state index contributed by atoms with van der Waals surface area (Å²) in [6.45, 7) is 2.06. The van der Waals surface area contributed by atoms with Crippen LogP contribution in [0.15, 0.2) is 54.6 Å². The van der Waals surface area contributed by atoms with Gasteiger partial charge in [-0.25, -0.2) is 0 Å². The molecule has 3 heteroatoms. The number of aryl methyl sites for hydroxylation is 1. The number of rotatable bonds is 3. The zero-order chi connectivity index (χ0) is 14.8. The Kier molecular flexibility index (Phi) is 3.72. The number of halogens is 1. The molecule has 0 atom stereocenters. The van der Waals surface area contributed by atoms with Crippen molar-refractivity contribution in [2.75, 3.05) is 7.11 Å². The standard InChI is InChI=1S/C18H16ClNO/c1-12-11-17(13-3-7-15(19)8-4-13)18(20-12)14-5-9-16(21-2)10-6-14/h3-11,20H,1-2H3. The Labute approximate surface area is 129 Å². The molecule has 0 spiro atoms. The molecule has 0 aliphatic carbocycles. The number of benzene rings is 2. The van der Waals surface area contributed by atoms with E-state index in [2.05, 4.69) is 30.1 Å². The molecule has 3 aromatic rings. The molecule has 0 radical (unpaired) electrons. The molecule has 106 valence electrons. The molecule has 0 fully saturated rings. The number of H-pyrrole nitrogens is 1. The van der Waals surface area contributed by atoms with E-state index >= 15 is 0 Å². The van der Waals surface area contributed by atoms with Crippen molar-refractivity contribution in [1.82, 2.24) is 4.98 Å². The van der Waals surface area contributed by atoms with E-state index in [0.717, 1.165) is 33.3 Å². The van der Waals surface area contributed by atoms with E-state index in [1.807, 2.05) is 36.4 Å². The van der Waals surface area contributed by atoms with Gasteiger partial charge in [0.1, 0.15) is 5.75 Å². The molecule has 21 heavy (non-hydrogen) atoms. The van der Waals surface area contributed by atoms with Gasteiger partial charge in [0.25, 0.3) is 0 Å². The molecule has 0 bridgehead atoms. The Hall–Kier alpha value is -2.19. The average Bonchev–Trinajstić information content (AvgIpc) is 2.90. The van der Waals surface area contributed by atoms with Gasteiger partial charge in [0.2, 0.25) is 0 Å². The summed E-state index contributed by atoms with van der Waals surface area (Å²) in [6, 6.07) is 18.1. The van der Waals surface area contributed by atoms with Crippen LogP contribution in [0.25, 0.3) is 22.4 Å². The zero-order valence-electron chi connectivity index (χ0n) is 12.0. The minimum atomic E-state index is 0.747. The Balaban J connectivity index is 2.08. The minimum Gasteiger partial charge on any atom is -0.497 e. The lowest BCUT2D eigenvalue weighted by atomic mass is 10.0. The van der Waals surface area contributed by atoms with E-state index in [-0.39, 0.29) is 0 Å². The van der Waals surface area contributed by atoms with Crippen LogP contribution >= 0.6 is 11.6 Å². The van der Waals surface area contributed by atoms with Gasteiger partial charge in [-0.15, -0.1) is 0 Å². The summed E-state index contributed by atoms with van der Waals surface area (Å²) in [5.41, 5.74) is 5.70. The van der Waals surface area contributed by atoms with Crippen molar-refractivity contribution in [2.45, 2.75) is 6.92 Å². The maximum atomic E-state index is 5.97. The molecule has 0 aliphatic rings. The Morgan fingerprint density at radius 2 is 1.52 bits per heavy atom. The van der Waals surface area contributed by atoms with Crippen molar-refractivity contribution in [1.29, 1.82) is 0 Å². The summed E-state index contributed by atoms with van der Waals surface area (Å²) in [4.78, 5) is 3.44. The summed E-state index contributed by atoms with van der Waals surface area (Å²) < 4.78 is 5.21. The molecule has 0 unspecified atom stereocenters. The second kappa shape index (κ2) is 5.66. The fourth-order valence-corrected chi connectivity index (χ4v) is 2.56. The molecule has 1 heterocycles. The Morgan fingerprint density at radius 1 is 0.905 bits per heavy atom. The van der Waals surface area contributed by atoms with Crippen LogP contribution in [0.4, 0.5) is 0 Å². The third kappa shape index (κ3) is 2.81. The van der Waals surface area contributed by atoms with E-state index in [1.165, 1.54) is 5.56 Å². The number of aromatic nitrogens is 1. The van der Waals surface area contributed by atoms with E-state index in [0.29, 0.717) is 0 Å². The van der Waals surface area contributed by atoms with E-state index < -0.39 is 0 Å². The van der Waals surface area contributed by atoms with Crippen molar-refractivity contribution >= 4 is 11.6 Å². The first kappa shape index (κ1) is 13.8. The zero-order valence-corrected chi connectivity index (χ0v) is 12.7. The summed E-state index contributed by atoms with van der Waals surface area (Å²) in [6.07, 6.45) is 0. The first-order valence-corrected chi connectivity index (χ1v) is 7.15. The maximum Gasteiger partial charge on any atom is 0.118 e. The highest BCUT2D eigenvalue weighted by Gasteiger charge is 2.10. The molecule has 1 N–H and O–H groups in total. The van der Waals surface area contributed by atoms with Crippen molar-refractivity contribution in [2.24, 2.45) is 0 Å². The number of ether oxygens (including phenoxy) is 1. The van der Waals surface area contributed by atoms with Crippen LogP contribution < -0.4 is 4.74 Å². The average molecular weight is 298 g/mol. The summed E-state index contributed by atoms with van der Waals surface area (Å²) in [5.74, 6) is 0.857. The third-order valence-electron chi connectivity index (χ3n) is 3.49. The molecule has 3 rings (SSSR count). The van der Waals surface area contributed by atoms with Gasteiger partial charge in [-0.2, -0.15) is 0 Å². The molecule has 2 nitrogen and oxygen atoms in total. The van der Waals surface area contributed by atoms with Crippen LogP contribution in [0.1, 0.15) is 5.69 Å². The monoisotopic (exact) mass is 297 g/mol. The molecule has 0 saturated heterocycles. The summed E-state index contributed by atoms with van der Waals surface area (Å²) in [5, 5.41) is 0.747. The van der Waals surface area contributed by atoms with Gasteiger partial charge in [-0.3, -0.25) is 0 Å². The molecular formula is C18H16ClNO. The molecule has 0 saturated carbocycles. The fourth-order valence-electron chi connectivity index (χ4n) is 2.43. The molecule has 0 amide bonds. The second-order valence-electron chi connectivity index (χ2n) is 4.98. The fraction of sp³-hybridized carbons (Fsp3) is 0.111.